The Kier molecular flexibility index (Phi) is 3.16. The first-order valence-electron chi connectivity index (χ1n) is 7.68. The number of hydrogen-bond donors (Lipinski definition) is 0. The second-order valence-corrected chi connectivity index (χ2v) is 7.03. The van der Waals surface area contributed by atoms with E-state index in [4.69, 9.17) is 0 Å². The lowest BCUT2D eigenvalue weighted by Gasteiger charge is -2.27. The van der Waals surface area contributed by atoms with E-state index in [-0.39, 0.29) is 5.41 Å². The van der Waals surface area contributed by atoms with Crippen molar-refractivity contribution in [3.8, 4) is 0 Å². The summed E-state index contributed by atoms with van der Waals surface area (Å²) < 4.78 is 2.41. The van der Waals surface area contributed by atoms with Crippen LogP contribution in [0.5, 0.6) is 0 Å². The lowest BCUT2D eigenvalue weighted by Crippen LogP contribution is -2.18. The maximum absolute atomic E-state index is 2.44. The van der Waals surface area contributed by atoms with Crippen LogP contribution in [-0.2, 0) is 5.41 Å². The van der Waals surface area contributed by atoms with Gasteiger partial charge < -0.3 is 4.40 Å². The summed E-state index contributed by atoms with van der Waals surface area (Å²) in [5.74, 6) is 0.780. The Morgan fingerprint density at radius 3 is 2.47 bits per heavy atom. The van der Waals surface area contributed by atoms with Crippen LogP contribution in [-0.4, -0.2) is 4.40 Å². The molecule has 1 saturated carbocycles. The molecule has 0 radical (unpaired) electrons. The number of nitrogens with zero attached hydrogens (tertiary/aromatic N) is 1. The van der Waals surface area contributed by atoms with Crippen molar-refractivity contribution < 1.29 is 0 Å². The van der Waals surface area contributed by atoms with Gasteiger partial charge in [0.15, 0.2) is 0 Å². The van der Waals surface area contributed by atoms with E-state index in [1.54, 1.807) is 5.56 Å². The van der Waals surface area contributed by atoms with Crippen LogP contribution in [0, 0.1) is 0 Å². The highest BCUT2D eigenvalue weighted by Gasteiger charge is 2.27. The summed E-state index contributed by atoms with van der Waals surface area (Å²) in [6.45, 7) is 7.02. The van der Waals surface area contributed by atoms with Gasteiger partial charge in [0, 0.05) is 22.8 Å². The minimum Gasteiger partial charge on any atom is -0.320 e. The highest BCUT2D eigenvalue weighted by molar-refractivity contribution is 5.56. The molecular formula is C18H25N. The SMILES string of the molecule is CC(C)(C)c1c(C2CCCCC2)cc2ccccn12. The van der Waals surface area contributed by atoms with E-state index < -0.39 is 0 Å². The zero-order chi connectivity index (χ0) is 13.5. The summed E-state index contributed by atoms with van der Waals surface area (Å²) in [7, 11) is 0. The Hall–Kier alpha value is -1.24. The van der Waals surface area contributed by atoms with Crippen LogP contribution < -0.4 is 0 Å². The van der Waals surface area contributed by atoms with E-state index in [2.05, 4.69) is 55.6 Å². The molecule has 1 heteroatoms. The van der Waals surface area contributed by atoms with Crippen LogP contribution in [0.3, 0.4) is 0 Å². The predicted molar refractivity (Wildman–Crippen MR) is 81.9 cm³/mol. The fourth-order valence-corrected chi connectivity index (χ4v) is 3.66. The van der Waals surface area contributed by atoms with Gasteiger partial charge in [-0.15, -0.1) is 0 Å². The maximum atomic E-state index is 2.44. The van der Waals surface area contributed by atoms with Crippen LogP contribution in [0.15, 0.2) is 30.5 Å². The Balaban J connectivity index is 2.17. The molecule has 2 aromatic rings. The number of pyridine rings is 1. The molecule has 1 aliphatic carbocycles. The van der Waals surface area contributed by atoms with E-state index in [1.165, 1.54) is 43.3 Å². The molecule has 2 heterocycles. The van der Waals surface area contributed by atoms with E-state index in [0.29, 0.717) is 0 Å². The van der Waals surface area contributed by atoms with Crippen molar-refractivity contribution in [1.29, 1.82) is 0 Å². The third-order valence-electron chi connectivity index (χ3n) is 4.46. The molecule has 1 nitrogen and oxygen atoms in total. The summed E-state index contributed by atoms with van der Waals surface area (Å²) >= 11 is 0. The van der Waals surface area contributed by atoms with Crippen LogP contribution in [0.25, 0.3) is 5.52 Å². The van der Waals surface area contributed by atoms with Gasteiger partial charge in [0.1, 0.15) is 0 Å². The average molecular weight is 255 g/mol. The van der Waals surface area contributed by atoms with Crippen molar-refractivity contribution in [1.82, 2.24) is 4.40 Å². The van der Waals surface area contributed by atoms with Gasteiger partial charge in [-0.1, -0.05) is 46.1 Å². The molecule has 0 unspecified atom stereocenters. The molecule has 0 spiro atoms. The van der Waals surface area contributed by atoms with E-state index in [9.17, 15) is 0 Å². The molecular weight excluding hydrogens is 230 g/mol. The molecule has 0 aliphatic heterocycles. The van der Waals surface area contributed by atoms with Crippen molar-refractivity contribution in [3.05, 3.63) is 41.7 Å². The summed E-state index contributed by atoms with van der Waals surface area (Å²) in [5, 5.41) is 0. The molecule has 0 amide bonds. The first kappa shape index (κ1) is 12.8. The molecule has 1 aliphatic rings. The Morgan fingerprint density at radius 2 is 1.79 bits per heavy atom. The molecule has 0 saturated heterocycles. The van der Waals surface area contributed by atoms with Crippen molar-refractivity contribution in [3.63, 3.8) is 0 Å². The molecule has 2 aromatic heterocycles. The summed E-state index contributed by atoms with van der Waals surface area (Å²) in [6.07, 6.45) is 9.21. The Morgan fingerprint density at radius 1 is 1.05 bits per heavy atom. The van der Waals surface area contributed by atoms with Gasteiger partial charge in [0.2, 0.25) is 0 Å². The van der Waals surface area contributed by atoms with Crippen LogP contribution in [0.2, 0.25) is 0 Å². The highest BCUT2D eigenvalue weighted by Crippen LogP contribution is 2.39. The molecule has 102 valence electrons. The molecule has 0 N–H and O–H groups in total. The van der Waals surface area contributed by atoms with E-state index in [1.807, 2.05) is 0 Å². The zero-order valence-corrected chi connectivity index (χ0v) is 12.4. The number of aromatic nitrogens is 1. The zero-order valence-electron chi connectivity index (χ0n) is 12.4. The van der Waals surface area contributed by atoms with Gasteiger partial charge in [0.25, 0.3) is 0 Å². The summed E-state index contributed by atoms with van der Waals surface area (Å²) in [4.78, 5) is 0. The highest BCUT2D eigenvalue weighted by atomic mass is 14.9. The summed E-state index contributed by atoms with van der Waals surface area (Å²) in [5.41, 5.74) is 4.70. The third kappa shape index (κ3) is 2.31. The van der Waals surface area contributed by atoms with Gasteiger partial charge in [-0.2, -0.15) is 0 Å². The molecule has 0 atom stereocenters. The standard InChI is InChI=1S/C18H25N/c1-18(2,3)17-16(14-9-5-4-6-10-14)13-15-11-7-8-12-19(15)17/h7-8,11-14H,4-6,9-10H2,1-3H3. The van der Waals surface area contributed by atoms with Gasteiger partial charge in [-0.05, 0) is 42.5 Å². The maximum Gasteiger partial charge on any atom is 0.0456 e. The topological polar surface area (TPSA) is 4.41 Å². The van der Waals surface area contributed by atoms with Crippen molar-refractivity contribution in [2.45, 2.75) is 64.2 Å². The second kappa shape index (κ2) is 4.70. The normalized spacial score (nSPS) is 18.1. The van der Waals surface area contributed by atoms with Crippen molar-refractivity contribution >= 4 is 5.52 Å². The van der Waals surface area contributed by atoms with Gasteiger partial charge >= 0.3 is 0 Å². The lowest BCUT2D eigenvalue weighted by molar-refractivity contribution is 0.433. The Labute approximate surface area is 116 Å². The number of rotatable bonds is 1. The predicted octanol–water partition coefficient (Wildman–Crippen LogP) is 5.28. The van der Waals surface area contributed by atoms with Crippen LogP contribution in [0.4, 0.5) is 0 Å². The second-order valence-electron chi connectivity index (χ2n) is 7.03. The number of hydrogen-bond acceptors (Lipinski definition) is 0. The lowest BCUT2D eigenvalue weighted by atomic mass is 9.79. The minimum absolute atomic E-state index is 0.209. The van der Waals surface area contributed by atoms with Gasteiger partial charge in [-0.25, -0.2) is 0 Å². The average Bonchev–Trinajstić information content (AvgIpc) is 2.79. The van der Waals surface area contributed by atoms with E-state index in [0.717, 1.165) is 5.92 Å². The molecule has 0 aromatic carbocycles. The molecule has 3 rings (SSSR count). The summed E-state index contributed by atoms with van der Waals surface area (Å²) in [6, 6.07) is 8.97. The minimum atomic E-state index is 0.209. The molecule has 19 heavy (non-hydrogen) atoms. The fourth-order valence-electron chi connectivity index (χ4n) is 3.66. The third-order valence-corrected chi connectivity index (χ3v) is 4.46. The smallest absolute Gasteiger partial charge is 0.0456 e. The quantitative estimate of drug-likeness (QED) is 0.652. The van der Waals surface area contributed by atoms with E-state index >= 15 is 0 Å². The Bertz CT molecular complexity index is 565. The van der Waals surface area contributed by atoms with Crippen molar-refractivity contribution in [2.75, 3.05) is 0 Å². The van der Waals surface area contributed by atoms with Gasteiger partial charge in [-0.3, -0.25) is 0 Å². The first-order chi connectivity index (χ1) is 9.07. The largest absolute Gasteiger partial charge is 0.320 e. The first-order valence-corrected chi connectivity index (χ1v) is 7.68. The van der Waals surface area contributed by atoms with Gasteiger partial charge in [0.05, 0.1) is 0 Å². The molecule has 1 fully saturated rings. The monoisotopic (exact) mass is 255 g/mol. The molecule has 0 bridgehead atoms. The number of fused-ring (bicyclic) bond motifs is 1. The van der Waals surface area contributed by atoms with Crippen molar-refractivity contribution in [2.24, 2.45) is 0 Å². The fraction of sp³-hybridized carbons (Fsp3) is 0.556. The van der Waals surface area contributed by atoms with Crippen LogP contribution >= 0.6 is 0 Å². The van der Waals surface area contributed by atoms with Crippen LogP contribution in [0.1, 0.15) is 70.1 Å².